The molecule has 7 nitrogen and oxygen atoms in total. The number of carbonyl (C=O) groups is 2. The summed E-state index contributed by atoms with van der Waals surface area (Å²) < 4.78 is 1.70. The van der Waals surface area contributed by atoms with E-state index >= 15 is 0 Å². The first kappa shape index (κ1) is 17.6. The van der Waals surface area contributed by atoms with Crippen LogP contribution in [0.3, 0.4) is 0 Å². The zero-order chi connectivity index (χ0) is 18.8. The van der Waals surface area contributed by atoms with Gasteiger partial charge in [0.25, 0.3) is 0 Å². The van der Waals surface area contributed by atoms with E-state index < -0.39 is 5.97 Å². The van der Waals surface area contributed by atoms with E-state index in [0.717, 1.165) is 37.1 Å². The van der Waals surface area contributed by atoms with E-state index in [-0.39, 0.29) is 24.3 Å². The van der Waals surface area contributed by atoms with Gasteiger partial charge < -0.3 is 15.3 Å². The Balaban J connectivity index is 1.57. The number of rotatable bonds is 3. The van der Waals surface area contributed by atoms with Crippen LogP contribution in [0.25, 0.3) is 5.69 Å². The van der Waals surface area contributed by atoms with Crippen molar-refractivity contribution in [2.24, 2.45) is 0 Å². The van der Waals surface area contributed by atoms with Crippen LogP contribution in [-0.2, 0) is 13.0 Å². The Labute approximate surface area is 158 Å². The van der Waals surface area contributed by atoms with Gasteiger partial charge in [0.1, 0.15) is 0 Å². The number of carboxylic acids is 1. The number of hydrogen-bond donors (Lipinski definition) is 2. The summed E-state index contributed by atoms with van der Waals surface area (Å²) in [7, 11) is 0. The Bertz CT molecular complexity index is 840. The highest BCUT2D eigenvalue weighted by Gasteiger charge is 2.31. The van der Waals surface area contributed by atoms with Crippen LogP contribution < -0.4 is 5.32 Å². The molecule has 2 aliphatic rings. The molecule has 2 N–H and O–H groups in total. The number of benzene rings is 1. The number of aromatic carboxylic acids is 1. The fraction of sp³-hybridized carbons (Fsp3) is 0.450. The van der Waals surface area contributed by atoms with E-state index in [2.05, 4.69) is 10.4 Å². The van der Waals surface area contributed by atoms with Crippen LogP contribution in [0, 0.1) is 0 Å². The Morgan fingerprint density at radius 2 is 1.85 bits per heavy atom. The van der Waals surface area contributed by atoms with E-state index in [1.807, 2.05) is 30.3 Å². The molecule has 0 spiro atoms. The molecule has 27 heavy (non-hydrogen) atoms. The van der Waals surface area contributed by atoms with Gasteiger partial charge in [-0.2, -0.15) is 5.10 Å². The highest BCUT2D eigenvalue weighted by atomic mass is 16.4. The number of aromatic nitrogens is 2. The monoisotopic (exact) mass is 368 g/mol. The lowest BCUT2D eigenvalue weighted by atomic mass is 9.95. The summed E-state index contributed by atoms with van der Waals surface area (Å²) in [6.07, 6.45) is 6.18. The Morgan fingerprint density at radius 1 is 1.11 bits per heavy atom. The molecular weight excluding hydrogens is 344 g/mol. The van der Waals surface area contributed by atoms with Crippen LogP contribution in [-0.4, -0.2) is 44.4 Å². The molecule has 0 saturated heterocycles. The first-order chi connectivity index (χ1) is 13.1. The van der Waals surface area contributed by atoms with E-state index in [4.69, 9.17) is 0 Å². The van der Waals surface area contributed by atoms with E-state index in [0.29, 0.717) is 18.5 Å². The fourth-order valence-corrected chi connectivity index (χ4v) is 4.06. The van der Waals surface area contributed by atoms with Gasteiger partial charge in [-0.15, -0.1) is 0 Å². The molecule has 1 aromatic heterocycles. The number of carboxylic acid groups (broad SMARTS) is 1. The lowest BCUT2D eigenvalue weighted by Gasteiger charge is -2.31. The quantitative estimate of drug-likeness (QED) is 0.872. The molecular formula is C20H24N4O3. The van der Waals surface area contributed by atoms with Crippen LogP contribution in [0.15, 0.2) is 30.3 Å². The second-order valence-corrected chi connectivity index (χ2v) is 7.28. The third-order valence-electron chi connectivity index (χ3n) is 5.48. The molecule has 0 bridgehead atoms. The largest absolute Gasteiger partial charge is 0.476 e. The molecule has 1 saturated carbocycles. The number of urea groups is 1. The van der Waals surface area contributed by atoms with Crippen LogP contribution in [0.4, 0.5) is 4.79 Å². The molecule has 0 unspecified atom stereocenters. The van der Waals surface area contributed by atoms with Crippen molar-refractivity contribution in [2.45, 2.75) is 51.1 Å². The summed E-state index contributed by atoms with van der Waals surface area (Å²) in [6, 6.07) is 9.65. The minimum Gasteiger partial charge on any atom is -0.476 e. The van der Waals surface area contributed by atoms with Crippen LogP contribution in [0.2, 0.25) is 0 Å². The first-order valence-corrected chi connectivity index (χ1v) is 9.58. The van der Waals surface area contributed by atoms with Gasteiger partial charge in [-0.3, -0.25) is 0 Å². The SMILES string of the molecule is O=C(O)c1nn(-c2ccccc2)c2c1CN(C(=O)NC1CCCCC1)CC2. The summed E-state index contributed by atoms with van der Waals surface area (Å²) >= 11 is 0. The number of nitrogens with zero attached hydrogens (tertiary/aromatic N) is 3. The average molecular weight is 368 g/mol. The zero-order valence-corrected chi connectivity index (χ0v) is 15.2. The van der Waals surface area contributed by atoms with Gasteiger partial charge in [-0.25, -0.2) is 14.3 Å². The lowest BCUT2D eigenvalue weighted by molar-refractivity contribution is 0.0687. The standard InChI is InChI=1S/C20H24N4O3/c25-19(26)18-16-13-23(20(27)21-14-7-3-1-4-8-14)12-11-17(16)24(22-18)15-9-5-2-6-10-15/h2,5-6,9-10,14H,1,3-4,7-8,11-13H2,(H,21,27)(H,25,26). The van der Waals surface area contributed by atoms with Crippen molar-refractivity contribution in [1.82, 2.24) is 20.0 Å². The maximum atomic E-state index is 12.7. The molecule has 142 valence electrons. The molecule has 2 aromatic rings. The number of carbonyl (C=O) groups excluding carboxylic acids is 1. The second kappa shape index (κ2) is 7.42. The van der Waals surface area contributed by atoms with Crippen LogP contribution >= 0.6 is 0 Å². The van der Waals surface area contributed by atoms with E-state index in [9.17, 15) is 14.7 Å². The van der Waals surface area contributed by atoms with Gasteiger partial charge in [0.05, 0.1) is 17.9 Å². The number of nitrogens with one attached hydrogen (secondary N) is 1. The van der Waals surface area contributed by atoms with E-state index in [1.54, 1.807) is 9.58 Å². The number of hydrogen-bond acceptors (Lipinski definition) is 3. The molecule has 2 amide bonds. The maximum Gasteiger partial charge on any atom is 0.356 e. The second-order valence-electron chi connectivity index (χ2n) is 7.28. The molecule has 7 heteroatoms. The Hall–Kier alpha value is -2.83. The van der Waals surface area contributed by atoms with Crippen LogP contribution in [0.1, 0.15) is 53.8 Å². The van der Waals surface area contributed by atoms with Gasteiger partial charge >= 0.3 is 12.0 Å². The van der Waals surface area contributed by atoms with Gasteiger partial charge in [0, 0.05) is 24.6 Å². The van der Waals surface area contributed by atoms with Crippen molar-refractivity contribution in [3.8, 4) is 5.69 Å². The van der Waals surface area contributed by atoms with Gasteiger partial charge in [-0.05, 0) is 25.0 Å². The normalized spacial score (nSPS) is 17.4. The summed E-state index contributed by atoms with van der Waals surface area (Å²) in [4.78, 5) is 26.1. The van der Waals surface area contributed by atoms with Crippen molar-refractivity contribution >= 4 is 12.0 Å². The zero-order valence-electron chi connectivity index (χ0n) is 15.2. The van der Waals surface area contributed by atoms with Crippen molar-refractivity contribution in [1.29, 1.82) is 0 Å². The summed E-state index contributed by atoms with van der Waals surface area (Å²) in [5, 5.41) is 17.0. The highest BCUT2D eigenvalue weighted by molar-refractivity contribution is 5.88. The topological polar surface area (TPSA) is 87.5 Å². The predicted molar refractivity (Wildman–Crippen MR) is 100 cm³/mol. The minimum absolute atomic E-state index is 0.0315. The summed E-state index contributed by atoms with van der Waals surface area (Å²) in [6.45, 7) is 0.839. The predicted octanol–water partition coefficient (Wildman–Crippen LogP) is 2.97. The van der Waals surface area contributed by atoms with Crippen molar-refractivity contribution in [3.05, 3.63) is 47.3 Å². The Kier molecular flexibility index (Phi) is 4.83. The number of para-hydroxylation sites is 1. The third kappa shape index (κ3) is 3.54. The molecule has 2 heterocycles. The fourth-order valence-electron chi connectivity index (χ4n) is 4.06. The molecule has 0 atom stereocenters. The summed E-state index contributed by atoms with van der Waals surface area (Å²) in [5.74, 6) is -1.06. The van der Waals surface area contributed by atoms with E-state index in [1.165, 1.54) is 6.42 Å². The molecule has 1 aliphatic heterocycles. The van der Waals surface area contributed by atoms with Crippen molar-refractivity contribution in [2.75, 3.05) is 6.54 Å². The average Bonchev–Trinajstić information content (AvgIpc) is 3.08. The number of fused-ring (bicyclic) bond motifs is 1. The molecule has 1 aromatic carbocycles. The summed E-state index contributed by atoms with van der Waals surface area (Å²) in [5.41, 5.74) is 2.38. The van der Waals surface area contributed by atoms with Crippen molar-refractivity contribution < 1.29 is 14.7 Å². The van der Waals surface area contributed by atoms with Crippen LogP contribution in [0.5, 0.6) is 0 Å². The van der Waals surface area contributed by atoms with Gasteiger partial charge in [0.15, 0.2) is 5.69 Å². The lowest BCUT2D eigenvalue weighted by Crippen LogP contribution is -2.47. The van der Waals surface area contributed by atoms with Gasteiger partial charge in [-0.1, -0.05) is 37.5 Å². The Morgan fingerprint density at radius 3 is 2.56 bits per heavy atom. The highest BCUT2D eigenvalue weighted by Crippen LogP contribution is 2.26. The number of amides is 2. The molecule has 1 aliphatic carbocycles. The smallest absolute Gasteiger partial charge is 0.356 e. The third-order valence-corrected chi connectivity index (χ3v) is 5.48. The molecule has 0 radical (unpaired) electrons. The first-order valence-electron chi connectivity index (χ1n) is 9.58. The van der Waals surface area contributed by atoms with Gasteiger partial charge in [0.2, 0.25) is 0 Å². The minimum atomic E-state index is -1.06. The molecule has 1 fully saturated rings. The van der Waals surface area contributed by atoms with Crippen molar-refractivity contribution in [3.63, 3.8) is 0 Å². The maximum absolute atomic E-state index is 12.7. The molecule has 4 rings (SSSR count).